The third kappa shape index (κ3) is 5.99. The SMILES string of the molecule is CC1(C)c2ccccc2-c2ccc(N(c3cccc(-c4ccccc4)c3)c3cccc(-c4ccc5sc6ccccc6c5c4-c4ccc(-c5ccccc5)cc4)c3)cc21. The number of hydrogen-bond donors (Lipinski definition) is 0. The first-order valence-corrected chi connectivity index (χ1v) is 21.2. The van der Waals surface area contributed by atoms with Gasteiger partial charge in [0.1, 0.15) is 0 Å². The monoisotopic (exact) mass is 771 g/mol. The van der Waals surface area contributed by atoms with Gasteiger partial charge in [-0.2, -0.15) is 0 Å². The Morgan fingerprint density at radius 1 is 0.356 bits per heavy atom. The van der Waals surface area contributed by atoms with Gasteiger partial charge in [0, 0.05) is 42.6 Å². The minimum atomic E-state index is -0.120. The van der Waals surface area contributed by atoms with E-state index in [9.17, 15) is 0 Å². The molecule has 59 heavy (non-hydrogen) atoms. The number of nitrogens with zero attached hydrogens (tertiary/aromatic N) is 1. The Labute approximate surface area is 350 Å². The van der Waals surface area contributed by atoms with Gasteiger partial charge in [-0.15, -0.1) is 11.3 Å². The smallest absolute Gasteiger partial charge is 0.0467 e. The molecule has 0 saturated heterocycles. The number of anilines is 3. The molecule has 0 radical (unpaired) electrons. The average molecular weight is 772 g/mol. The maximum atomic E-state index is 2.45. The van der Waals surface area contributed by atoms with Gasteiger partial charge in [0.05, 0.1) is 0 Å². The van der Waals surface area contributed by atoms with Gasteiger partial charge in [0.2, 0.25) is 0 Å². The van der Waals surface area contributed by atoms with E-state index in [1.54, 1.807) is 0 Å². The van der Waals surface area contributed by atoms with Gasteiger partial charge in [0.15, 0.2) is 0 Å². The van der Waals surface area contributed by atoms with Crippen LogP contribution in [0.2, 0.25) is 0 Å². The van der Waals surface area contributed by atoms with Gasteiger partial charge in [-0.3, -0.25) is 0 Å². The van der Waals surface area contributed by atoms with Gasteiger partial charge in [-0.1, -0.05) is 178 Å². The van der Waals surface area contributed by atoms with Crippen molar-refractivity contribution in [1.29, 1.82) is 0 Å². The topological polar surface area (TPSA) is 3.24 Å². The molecule has 1 aromatic heterocycles. The van der Waals surface area contributed by atoms with Crippen LogP contribution in [0.5, 0.6) is 0 Å². The zero-order chi connectivity index (χ0) is 39.5. The van der Waals surface area contributed by atoms with E-state index in [4.69, 9.17) is 0 Å². The molecule has 0 atom stereocenters. The molecule has 280 valence electrons. The molecule has 11 rings (SSSR count). The van der Waals surface area contributed by atoms with Gasteiger partial charge < -0.3 is 4.90 Å². The molecule has 10 aromatic rings. The van der Waals surface area contributed by atoms with E-state index in [0.29, 0.717) is 0 Å². The van der Waals surface area contributed by atoms with Crippen molar-refractivity contribution in [2.75, 3.05) is 4.90 Å². The summed E-state index contributed by atoms with van der Waals surface area (Å²) >= 11 is 1.87. The third-order valence-electron chi connectivity index (χ3n) is 12.3. The highest BCUT2D eigenvalue weighted by molar-refractivity contribution is 7.26. The van der Waals surface area contributed by atoms with E-state index in [-0.39, 0.29) is 5.41 Å². The predicted molar refractivity (Wildman–Crippen MR) is 253 cm³/mol. The zero-order valence-corrected chi connectivity index (χ0v) is 33.9. The lowest BCUT2D eigenvalue weighted by molar-refractivity contribution is 0.660. The second kappa shape index (κ2) is 14.1. The molecule has 2 heteroatoms. The van der Waals surface area contributed by atoms with E-state index >= 15 is 0 Å². The Hall–Kier alpha value is -7.00. The maximum Gasteiger partial charge on any atom is 0.0467 e. The fourth-order valence-corrected chi connectivity index (χ4v) is 10.5. The van der Waals surface area contributed by atoms with Crippen molar-refractivity contribution in [3.8, 4) is 55.6 Å². The average Bonchev–Trinajstić information content (AvgIpc) is 3.79. The second-order valence-corrected chi connectivity index (χ2v) is 17.2. The van der Waals surface area contributed by atoms with Crippen LogP contribution in [-0.2, 0) is 5.41 Å². The van der Waals surface area contributed by atoms with Crippen LogP contribution in [0.25, 0.3) is 75.8 Å². The molecular formula is C57H41NS. The van der Waals surface area contributed by atoms with Crippen molar-refractivity contribution >= 4 is 48.6 Å². The fraction of sp³-hybridized carbons (Fsp3) is 0.0526. The molecule has 0 N–H and O–H groups in total. The second-order valence-electron chi connectivity index (χ2n) is 16.1. The van der Waals surface area contributed by atoms with Crippen LogP contribution in [0.3, 0.4) is 0 Å². The highest BCUT2D eigenvalue weighted by atomic mass is 32.1. The number of rotatable bonds is 7. The van der Waals surface area contributed by atoms with Crippen LogP contribution in [0.15, 0.2) is 212 Å². The summed E-state index contributed by atoms with van der Waals surface area (Å²) in [7, 11) is 0. The van der Waals surface area contributed by atoms with E-state index in [0.717, 1.165) is 17.1 Å². The summed E-state index contributed by atoms with van der Waals surface area (Å²) < 4.78 is 2.61. The molecule has 1 aliphatic rings. The van der Waals surface area contributed by atoms with Crippen molar-refractivity contribution in [3.63, 3.8) is 0 Å². The third-order valence-corrected chi connectivity index (χ3v) is 13.4. The molecule has 1 nitrogen and oxygen atoms in total. The Morgan fingerprint density at radius 2 is 0.898 bits per heavy atom. The molecule has 9 aromatic carbocycles. The fourth-order valence-electron chi connectivity index (χ4n) is 9.36. The largest absolute Gasteiger partial charge is 0.310 e. The van der Waals surface area contributed by atoms with E-state index in [1.807, 2.05) is 11.3 Å². The first kappa shape index (κ1) is 35.2. The van der Waals surface area contributed by atoms with Crippen molar-refractivity contribution in [1.82, 2.24) is 0 Å². The lowest BCUT2D eigenvalue weighted by Crippen LogP contribution is -2.16. The number of hydrogen-bond acceptors (Lipinski definition) is 2. The summed E-state index contributed by atoms with van der Waals surface area (Å²) in [6, 6.07) is 78.1. The quantitative estimate of drug-likeness (QED) is 0.156. The van der Waals surface area contributed by atoms with Gasteiger partial charge in [-0.05, 0) is 115 Å². The number of fused-ring (bicyclic) bond motifs is 6. The molecule has 0 fully saturated rings. The lowest BCUT2D eigenvalue weighted by Gasteiger charge is -2.29. The Balaban J connectivity index is 1.11. The van der Waals surface area contributed by atoms with Crippen molar-refractivity contribution in [3.05, 3.63) is 223 Å². The van der Waals surface area contributed by atoms with Crippen LogP contribution < -0.4 is 4.90 Å². The van der Waals surface area contributed by atoms with Crippen molar-refractivity contribution in [2.24, 2.45) is 0 Å². The normalized spacial score (nSPS) is 12.7. The van der Waals surface area contributed by atoms with Crippen LogP contribution in [0.4, 0.5) is 17.1 Å². The molecule has 0 saturated carbocycles. The van der Waals surface area contributed by atoms with E-state index in [1.165, 1.54) is 86.9 Å². The Kier molecular flexibility index (Phi) is 8.43. The summed E-state index contributed by atoms with van der Waals surface area (Å²) in [5.41, 5.74) is 18.4. The van der Waals surface area contributed by atoms with E-state index in [2.05, 4.69) is 231 Å². The summed E-state index contributed by atoms with van der Waals surface area (Å²) in [4.78, 5) is 2.45. The van der Waals surface area contributed by atoms with Crippen LogP contribution in [-0.4, -0.2) is 0 Å². The van der Waals surface area contributed by atoms with E-state index < -0.39 is 0 Å². The Morgan fingerprint density at radius 3 is 1.66 bits per heavy atom. The zero-order valence-electron chi connectivity index (χ0n) is 33.1. The maximum absolute atomic E-state index is 2.45. The molecule has 1 aliphatic carbocycles. The summed E-state index contributed by atoms with van der Waals surface area (Å²) in [5, 5.41) is 2.61. The predicted octanol–water partition coefficient (Wildman–Crippen LogP) is 16.5. The molecule has 0 spiro atoms. The van der Waals surface area contributed by atoms with Crippen LogP contribution in [0, 0.1) is 0 Å². The number of thiophene rings is 1. The highest BCUT2D eigenvalue weighted by Crippen LogP contribution is 2.51. The van der Waals surface area contributed by atoms with Gasteiger partial charge in [0.25, 0.3) is 0 Å². The summed E-state index contributed by atoms with van der Waals surface area (Å²) in [5.74, 6) is 0. The lowest BCUT2D eigenvalue weighted by atomic mass is 9.82. The summed E-state index contributed by atoms with van der Waals surface area (Å²) in [6.45, 7) is 4.72. The van der Waals surface area contributed by atoms with Crippen molar-refractivity contribution in [2.45, 2.75) is 19.3 Å². The number of benzene rings is 9. The first-order valence-electron chi connectivity index (χ1n) is 20.4. The van der Waals surface area contributed by atoms with Crippen molar-refractivity contribution < 1.29 is 0 Å². The highest BCUT2D eigenvalue weighted by Gasteiger charge is 2.35. The Bertz CT molecular complexity index is 3170. The van der Waals surface area contributed by atoms with Crippen LogP contribution >= 0.6 is 11.3 Å². The summed E-state index contributed by atoms with van der Waals surface area (Å²) in [6.07, 6.45) is 0. The molecule has 0 aliphatic heterocycles. The first-order chi connectivity index (χ1) is 29.0. The minimum absolute atomic E-state index is 0.120. The standard InChI is InChI=1S/C57H41NS/c1-57(2)51-25-11-9-23-48(51)49-32-31-46(37-52(49)57)58(44-21-13-19-42(35-44)39-17-7-4-8-18-39)45-22-14-20-43(36-45)47-33-34-54-56(50-24-10-12-26-53(50)59-54)55(47)41-29-27-40(28-30-41)38-15-5-3-6-16-38/h3-37H,1-2H3. The van der Waals surface area contributed by atoms with Gasteiger partial charge in [-0.25, -0.2) is 0 Å². The molecule has 0 amide bonds. The molecule has 0 bridgehead atoms. The molecule has 1 heterocycles. The minimum Gasteiger partial charge on any atom is -0.310 e. The van der Waals surface area contributed by atoms with Crippen LogP contribution in [0.1, 0.15) is 25.0 Å². The van der Waals surface area contributed by atoms with Gasteiger partial charge >= 0.3 is 0 Å². The molecular weight excluding hydrogens is 731 g/mol. The molecule has 0 unspecified atom stereocenters.